The standard InChI is InChI=1S/C8H15NO4/c1-4-13-8(12)6(3)9-5(2)7(10)11/h5-6,9H,4H2,1-3H3,(H,10,11)/t5?,6-/m0/s1. The summed E-state index contributed by atoms with van der Waals surface area (Å²) in [5, 5.41) is 11.1. The molecule has 13 heavy (non-hydrogen) atoms. The third-order valence-electron chi connectivity index (χ3n) is 1.51. The second-order valence-electron chi connectivity index (χ2n) is 2.70. The number of hydrogen-bond acceptors (Lipinski definition) is 4. The van der Waals surface area contributed by atoms with Crippen LogP contribution < -0.4 is 5.32 Å². The van der Waals surface area contributed by atoms with Gasteiger partial charge >= 0.3 is 11.9 Å². The van der Waals surface area contributed by atoms with Crippen LogP contribution in [0.5, 0.6) is 0 Å². The lowest BCUT2D eigenvalue weighted by Crippen LogP contribution is -2.44. The minimum absolute atomic E-state index is 0.298. The smallest absolute Gasteiger partial charge is 0.322 e. The zero-order valence-corrected chi connectivity index (χ0v) is 8.03. The number of ether oxygens (including phenoxy) is 1. The fraction of sp³-hybridized carbons (Fsp3) is 0.750. The van der Waals surface area contributed by atoms with E-state index in [1.807, 2.05) is 0 Å². The van der Waals surface area contributed by atoms with Gasteiger partial charge in [0, 0.05) is 0 Å². The third kappa shape index (κ3) is 4.47. The first kappa shape index (κ1) is 11.9. The van der Waals surface area contributed by atoms with E-state index in [9.17, 15) is 9.59 Å². The molecule has 0 saturated heterocycles. The topological polar surface area (TPSA) is 75.6 Å². The molecular formula is C8H15NO4. The zero-order chi connectivity index (χ0) is 10.4. The van der Waals surface area contributed by atoms with Crippen LogP contribution in [0.25, 0.3) is 0 Å². The first-order chi connectivity index (χ1) is 5.99. The molecule has 5 heteroatoms. The molecule has 0 aliphatic carbocycles. The van der Waals surface area contributed by atoms with E-state index in [1.54, 1.807) is 13.8 Å². The number of carboxylic acids is 1. The first-order valence-electron chi connectivity index (χ1n) is 4.14. The first-order valence-corrected chi connectivity index (χ1v) is 4.14. The SMILES string of the molecule is CCOC(=O)[C@H](C)NC(C)C(=O)O. The van der Waals surface area contributed by atoms with Gasteiger partial charge in [-0.1, -0.05) is 0 Å². The molecule has 0 saturated carbocycles. The van der Waals surface area contributed by atoms with Crippen LogP contribution in [0, 0.1) is 0 Å². The molecule has 5 nitrogen and oxygen atoms in total. The van der Waals surface area contributed by atoms with Gasteiger partial charge in [0.1, 0.15) is 12.1 Å². The quantitative estimate of drug-likeness (QED) is 0.595. The molecule has 0 aromatic rings. The number of carbonyl (C=O) groups is 2. The number of hydrogen-bond donors (Lipinski definition) is 2. The van der Waals surface area contributed by atoms with Gasteiger partial charge in [-0.3, -0.25) is 14.9 Å². The maximum atomic E-state index is 11.0. The summed E-state index contributed by atoms with van der Waals surface area (Å²) in [5.74, 6) is -1.42. The Morgan fingerprint density at radius 2 is 1.92 bits per heavy atom. The Balaban J connectivity index is 3.92. The highest BCUT2D eigenvalue weighted by Gasteiger charge is 2.19. The lowest BCUT2D eigenvalue weighted by Gasteiger charge is -2.15. The van der Waals surface area contributed by atoms with E-state index >= 15 is 0 Å². The predicted molar refractivity (Wildman–Crippen MR) is 46.3 cm³/mol. The summed E-state index contributed by atoms with van der Waals surface area (Å²) in [4.78, 5) is 21.4. The van der Waals surface area contributed by atoms with Crippen LogP contribution >= 0.6 is 0 Å². The summed E-state index contributed by atoms with van der Waals surface area (Å²) in [6.07, 6.45) is 0. The summed E-state index contributed by atoms with van der Waals surface area (Å²) in [5.41, 5.74) is 0. The van der Waals surface area contributed by atoms with Gasteiger partial charge in [-0.25, -0.2) is 0 Å². The molecule has 2 atom stereocenters. The molecule has 1 unspecified atom stereocenters. The molecule has 76 valence electrons. The summed E-state index contributed by atoms with van der Waals surface area (Å²) < 4.78 is 4.69. The van der Waals surface area contributed by atoms with Crippen molar-refractivity contribution < 1.29 is 19.4 Å². The Morgan fingerprint density at radius 1 is 1.38 bits per heavy atom. The van der Waals surface area contributed by atoms with Crippen molar-refractivity contribution in [2.45, 2.75) is 32.9 Å². The van der Waals surface area contributed by atoms with Gasteiger partial charge in [-0.2, -0.15) is 0 Å². The number of esters is 1. The van der Waals surface area contributed by atoms with Crippen LogP contribution in [0.3, 0.4) is 0 Å². The molecule has 0 aliphatic heterocycles. The number of carboxylic acid groups (broad SMARTS) is 1. The van der Waals surface area contributed by atoms with Crippen LogP contribution in [0.2, 0.25) is 0 Å². The Bertz CT molecular complexity index is 193. The van der Waals surface area contributed by atoms with Crippen molar-refractivity contribution in [2.75, 3.05) is 6.61 Å². The van der Waals surface area contributed by atoms with Crippen LogP contribution in [-0.2, 0) is 14.3 Å². The average molecular weight is 189 g/mol. The molecule has 0 spiro atoms. The second-order valence-corrected chi connectivity index (χ2v) is 2.70. The molecule has 0 fully saturated rings. The molecule has 0 bridgehead atoms. The van der Waals surface area contributed by atoms with Gasteiger partial charge in [-0.15, -0.1) is 0 Å². The lowest BCUT2D eigenvalue weighted by molar-refractivity contribution is -0.146. The molecule has 0 amide bonds. The maximum Gasteiger partial charge on any atom is 0.322 e. The van der Waals surface area contributed by atoms with E-state index in [0.717, 1.165) is 0 Å². The fourth-order valence-corrected chi connectivity index (χ4v) is 0.782. The van der Waals surface area contributed by atoms with Crippen molar-refractivity contribution in [3.05, 3.63) is 0 Å². The number of nitrogens with one attached hydrogen (secondary N) is 1. The van der Waals surface area contributed by atoms with E-state index in [1.165, 1.54) is 6.92 Å². The fourth-order valence-electron chi connectivity index (χ4n) is 0.782. The molecule has 0 aromatic heterocycles. The van der Waals surface area contributed by atoms with E-state index < -0.39 is 24.0 Å². The van der Waals surface area contributed by atoms with Gasteiger partial charge in [0.15, 0.2) is 0 Å². The highest BCUT2D eigenvalue weighted by molar-refractivity contribution is 5.78. The minimum Gasteiger partial charge on any atom is -0.480 e. The van der Waals surface area contributed by atoms with E-state index in [0.29, 0.717) is 6.61 Å². The average Bonchev–Trinajstić information content (AvgIpc) is 2.04. The van der Waals surface area contributed by atoms with Crippen molar-refractivity contribution in [3.63, 3.8) is 0 Å². The highest BCUT2D eigenvalue weighted by atomic mass is 16.5. The van der Waals surface area contributed by atoms with Crippen LogP contribution in [-0.4, -0.2) is 35.7 Å². The Hall–Kier alpha value is -1.10. The lowest BCUT2D eigenvalue weighted by atomic mass is 10.2. The third-order valence-corrected chi connectivity index (χ3v) is 1.51. The maximum absolute atomic E-state index is 11.0. The molecule has 0 aliphatic rings. The van der Waals surface area contributed by atoms with E-state index in [4.69, 9.17) is 5.11 Å². The van der Waals surface area contributed by atoms with Crippen molar-refractivity contribution in [2.24, 2.45) is 0 Å². The summed E-state index contributed by atoms with van der Waals surface area (Å²) in [6.45, 7) is 5.03. The molecule has 0 aromatic carbocycles. The molecule has 0 rings (SSSR count). The number of carbonyl (C=O) groups excluding carboxylic acids is 1. The normalized spacial score (nSPS) is 14.7. The van der Waals surface area contributed by atoms with Crippen LogP contribution in [0.15, 0.2) is 0 Å². The highest BCUT2D eigenvalue weighted by Crippen LogP contribution is 1.91. The van der Waals surface area contributed by atoms with Gasteiger partial charge in [-0.05, 0) is 20.8 Å². The van der Waals surface area contributed by atoms with Crippen molar-refractivity contribution in [1.29, 1.82) is 0 Å². The summed E-state index contributed by atoms with van der Waals surface area (Å²) in [7, 11) is 0. The predicted octanol–water partition coefficient (Wildman–Crippen LogP) is 0.000700. The minimum atomic E-state index is -0.990. The molecule has 2 N–H and O–H groups in total. The number of aliphatic carboxylic acids is 1. The summed E-state index contributed by atoms with van der Waals surface area (Å²) >= 11 is 0. The molecule has 0 heterocycles. The van der Waals surface area contributed by atoms with Crippen LogP contribution in [0.4, 0.5) is 0 Å². The van der Waals surface area contributed by atoms with Crippen molar-refractivity contribution in [1.82, 2.24) is 5.32 Å². The van der Waals surface area contributed by atoms with Gasteiger partial charge < -0.3 is 9.84 Å². The van der Waals surface area contributed by atoms with E-state index in [-0.39, 0.29) is 0 Å². The van der Waals surface area contributed by atoms with Gasteiger partial charge in [0.25, 0.3) is 0 Å². The Kier molecular flexibility index (Phi) is 5.06. The Morgan fingerprint density at radius 3 is 2.31 bits per heavy atom. The second kappa shape index (κ2) is 5.53. The summed E-state index contributed by atoms with van der Waals surface area (Å²) in [6, 6.07) is -1.34. The van der Waals surface area contributed by atoms with Crippen molar-refractivity contribution in [3.8, 4) is 0 Å². The van der Waals surface area contributed by atoms with Crippen molar-refractivity contribution >= 4 is 11.9 Å². The monoisotopic (exact) mass is 189 g/mol. The van der Waals surface area contributed by atoms with Gasteiger partial charge in [0.2, 0.25) is 0 Å². The van der Waals surface area contributed by atoms with Crippen LogP contribution in [0.1, 0.15) is 20.8 Å². The zero-order valence-electron chi connectivity index (χ0n) is 8.03. The largest absolute Gasteiger partial charge is 0.480 e. The van der Waals surface area contributed by atoms with E-state index in [2.05, 4.69) is 10.1 Å². The molecular weight excluding hydrogens is 174 g/mol. The number of rotatable bonds is 5. The van der Waals surface area contributed by atoms with Gasteiger partial charge in [0.05, 0.1) is 6.61 Å². The Labute approximate surface area is 77.1 Å². The molecule has 0 radical (unpaired) electrons.